The van der Waals surface area contributed by atoms with Gasteiger partial charge >= 0.3 is 0 Å². The van der Waals surface area contributed by atoms with Crippen molar-refractivity contribution in [2.75, 3.05) is 0 Å². The second-order valence-electron chi connectivity index (χ2n) is 11.9. The molecule has 3 aromatic carbocycles. The Hall–Kier alpha value is -4.34. The van der Waals surface area contributed by atoms with E-state index in [0.29, 0.717) is 6.42 Å². The number of amides is 1. The van der Waals surface area contributed by atoms with E-state index in [9.17, 15) is 28.3 Å². The van der Waals surface area contributed by atoms with E-state index in [0.717, 1.165) is 23.6 Å². The van der Waals surface area contributed by atoms with Crippen LogP contribution in [0.25, 0.3) is 33.3 Å². The second kappa shape index (κ2) is 10.4. The van der Waals surface area contributed by atoms with Crippen molar-refractivity contribution in [1.29, 1.82) is 5.26 Å². The van der Waals surface area contributed by atoms with Gasteiger partial charge in [0, 0.05) is 29.3 Å². The minimum atomic E-state index is -3.26. The molecular formula is C31H28F4N6O2. The summed E-state index contributed by atoms with van der Waals surface area (Å²) in [5.41, 5.74) is 3.98. The first-order valence-corrected chi connectivity index (χ1v) is 13.9. The summed E-state index contributed by atoms with van der Waals surface area (Å²) in [4.78, 5) is 15.5. The topological polar surface area (TPSA) is 121 Å². The Kier molecular flexibility index (Phi) is 6.98. The van der Waals surface area contributed by atoms with E-state index < -0.39 is 29.2 Å². The number of nitrogens with zero attached hydrogens (tertiary/aromatic N) is 5. The molecule has 3 heterocycles. The van der Waals surface area contributed by atoms with Crippen LogP contribution in [0.4, 0.5) is 17.6 Å². The molecule has 0 radical (unpaired) electrons. The SMILES string of the molecule is CC(C)(O)Cn1nnc2cc(-c3ccc(C(=O)N4[C@@H]5CC[C@H]4[C@@H](N)C5)cc3-c3ccc(C#N)c(F)c3)c(F)c(C(F)F)c21. The molecule has 12 heteroatoms. The molecule has 1 aromatic heterocycles. The van der Waals surface area contributed by atoms with Gasteiger partial charge in [-0.3, -0.25) is 4.79 Å². The molecule has 8 nitrogen and oxygen atoms in total. The van der Waals surface area contributed by atoms with Crippen molar-refractivity contribution in [3.8, 4) is 28.3 Å². The smallest absolute Gasteiger partial charge is 0.268 e. The van der Waals surface area contributed by atoms with Gasteiger partial charge in [-0.1, -0.05) is 17.3 Å². The molecule has 4 aromatic rings. The fourth-order valence-electron chi connectivity index (χ4n) is 6.45. The predicted molar refractivity (Wildman–Crippen MR) is 150 cm³/mol. The van der Waals surface area contributed by atoms with Crippen LogP contribution in [-0.4, -0.2) is 54.6 Å². The quantitative estimate of drug-likeness (QED) is 0.292. The van der Waals surface area contributed by atoms with Gasteiger partial charge < -0.3 is 15.7 Å². The summed E-state index contributed by atoms with van der Waals surface area (Å²) in [6, 6.07) is 11.0. The van der Waals surface area contributed by atoms with Crippen LogP contribution in [0, 0.1) is 23.0 Å². The van der Waals surface area contributed by atoms with Crippen LogP contribution in [0.1, 0.15) is 61.0 Å². The number of hydrogen-bond donors (Lipinski definition) is 2. The normalized spacial score (nSPS) is 19.9. The Balaban J connectivity index is 1.55. The minimum Gasteiger partial charge on any atom is -0.389 e. The van der Waals surface area contributed by atoms with E-state index >= 15 is 4.39 Å². The number of aliphatic hydroxyl groups is 1. The molecular weight excluding hydrogens is 564 g/mol. The number of hydrogen-bond acceptors (Lipinski definition) is 6. The summed E-state index contributed by atoms with van der Waals surface area (Å²) in [5, 5.41) is 27.3. The maximum atomic E-state index is 16.2. The molecule has 2 aliphatic rings. The van der Waals surface area contributed by atoms with E-state index in [1.807, 2.05) is 0 Å². The first-order valence-electron chi connectivity index (χ1n) is 13.9. The highest BCUT2D eigenvalue weighted by Crippen LogP contribution is 2.42. The van der Waals surface area contributed by atoms with Gasteiger partial charge in [0.25, 0.3) is 12.3 Å². The summed E-state index contributed by atoms with van der Waals surface area (Å²) in [6.07, 6.45) is -0.934. The number of alkyl halides is 2. The third kappa shape index (κ3) is 4.92. The number of rotatable bonds is 6. The highest BCUT2D eigenvalue weighted by Gasteiger charge is 2.47. The molecule has 2 bridgehead atoms. The highest BCUT2D eigenvalue weighted by atomic mass is 19.3. The number of nitrogens with two attached hydrogens (primary N) is 1. The average Bonchev–Trinajstić information content (AvgIpc) is 3.63. The fourth-order valence-corrected chi connectivity index (χ4v) is 6.45. The number of nitriles is 1. The second-order valence-corrected chi connectivity index (χ2v) is 11.9. The maximum absolute atomic E-state index is 16.2. The molecule has 2 saturated heterocycles. The summed E-state index contributed by atoms with van der Waals surface area (Å²) in [7, 11) is 0. The van der Waals surface area contributed by atoms with Crippen molar-refractivity contribution in [3.05, 3.63) is 70.8 Å². The van der Waals surface area contributed by atoms with Gasteiger partial charge in [0.1, 0.15) is 28.7 Å². The van der Waals surface area contributed by atoms with Crippen LogP contribution >= 0.6 is 0 Å². The average molecular weight is 593 g/mol. The van der Waals surface area contributed by atoms with Crippen molar-refractivity contribution >= 4 is 16.9 Å². The lowest BCUT2D eigenvalue weighted by atomic mass is 9.90. The van der Waals surface area contributed by atoms with Crippen LogP contribution in [0.3, 0.4) is 0 Å². The summed E-state index contributed by atoms with van der Waals surface area (Å²) in [5.74, 6) is -2.34. The Morgan fingerprint density at radius 3 is 2.51 bits per heavy atom. The van der Waals surface area contributed by atoms with Gasteiger partial charge in [-0.25, -0.2) is 22.2 Å². The maximum Gasteiger partial charge on any atom is 0.268 e. The summed E-state index contributed by atoms with van der Waals surface area (Å²) >= 11 is 0. The van der Waals surface area contributed by atoms with E-state index in [2.05, 4.69) is 10.3 Å². The van der Waals surface area contributed by atoms with E-state index in [1.54, 1.807) is 11.0 Å². The molecule has 6 rings (SSSR count). The monoisotopic (exact) mass is 592 g/mol. The molecule has 1 amide bonds. The van der Waals surface area contributed by atoms with Crippen LogP contribution in [-0.2, 0) is 6.54 Å². The molecule has 0 aliphatic carbocycles. The lowest BCUT2D eigenvalue weighted by Gasteiger charge is -2.24. The van der Waals surface area contributed by atoms with Crippen LogP contribution in [0.2, 0.25) is 0 Å². The molecule has 43 heavy (non-hydrogen) atoms. The van der Waals surface area contributed by atoms with E-state index in [-0.39, 0.29) is 75.0 Å². The first kappa shape index (κ1) is 28.8. The molecule has 3 atom stereocenters. The zero-order valence-corrected chi connectivity index (χ0v) is 23.4. The van der Waals surface area contributed by atoms with Crippen molar-refractivity contribution in [2.24, 2.45) is 5.73 Å². The molecule has 0 saturated carbocycles. The van der Waals surface area contributed by atoms with Crippen molar-refractivity contribution in [3.63, 3.8) is 0 Å². The minimum absolute atomic E-state index is 0.00273. The zero-order valence-electron chi connectivity index (χ0n) is 23.4. The highest BCUT2D eigenvalue weighted by molar-refractivity contribution is 5.99. The number of carbonyl (C=O) groups is 1. The Bertz CT molecular complexity index is 1810. The van der Waals surface area contributed by atoms with Gasteiger partial charge in [-0.05, 0) is 80.1 Å². The van der Waals surface area contributed by atoms with Crippen molar-refractivity contribution in [1.82, 2.24) is 19.9 Å². The summed E-state index contributed by atoms with van der Waals surface area (Å²) in [6.45, 7) is 2.71. The molecule has 2 aliphatic heterocycles. The molecule has 0 spiro atoms. The molecule has 2 fully saturated rings. The third-order valence-corrected chi connectivity index (χ3v) is 8.30. The Morgan fingerprint density at radius 1 is 1.14 bits per heavy atom. The molecule has 3 N–H and O–H groups in total. The van der Waals surface area contributed by atoms with E-state index in [4.69, 9.17) is 5.73 Å². The van der Waals surface area contributed by atoms with Crippen molar-refractivity contribution in [2.45, 2.75) is 69.8 Å². The van der Waals surface area contributed by atoms with Gasteiger partial charge in [0.2, 0.25) is 0 Å². The van der Waals surface area contributed by atoms with Gasteiger partial charge in [0.05, 0.1) is 23.3 Å². The van der Waals surface area contributed by atoms with E-state index in [1.165, 1.54) is 50.2 Å². The van der Waals surface area contributed by atoms with Crippen LogP contribution < -0.4 is 5.73 Å². The van der Waals surface area contributed by atoms with Crippen LogP contribution in [0.5, 0.6) is 0 Å². The Morgan fingerprint density at radius 2 is 1.91 bits per heavy atom. The lowest BCUT2D eigenvalue weighted by Crippen LogP contribution is -2.40. The van der Waals surface area contributed by atoms with Crippen LogP contribution in [0.15, 0.2) is 42.5 Å². The standard InChI is InChI=1S/C31H28F4N6O2/c1-31(2,43)14-40-28-24(38-39-40)12-21(27(33)26(28)29(34)35)19-7-5-16(30(42)41-18-6-8-25(41)23(37)11-18)9-20(19)15-3-4-17(13-36)22(32)10-15/h3-5,7,9-10,12,18,23,25,29,43H,6,8,11,14,37H2,1-2H3/t18-,23+,25+/m1/s1. The van der Waals surface area contributed by atoms with Gasteiger partial charge in [-0.2, -0.15) is 5.26 Å². The van der Waals surface area contributed by atoms with Gasteiger partial charge in [0.15, 0.2) is 0 Å². The number of benzene rings is 3. The third-order valence-electron chi connectivity index (χ3n) is 8.30. The Labute approximate surface area is 244 Å². The molecule has 0 unspecified atom stereocenters. The zero-order chi connectivity index (χ0) is 30.8. The number of fused-ring (bicyclic) bond motifs is 3. The van der Waals surface area contributed by atoms with Gasteiger partial charge in [-0.15, -0.1) is 5.10 Å². The lowest BCUT2D eigenvalue weighted by molar-refractivity contribution is 0.0581. The number of carbonyl (C=O) groups excluding carboxylic acids is 1. The molecule has 222 valence electrons. The number of halogens is 4. The number of aromatic nitrogens is 3. The predicted octanol–water partition coefficient (Wildman–Crippen LogP) is 5.33. The van der Waals surface area contributed by atoms with Crippen molar-refractivity contribution < 1.29 is 27.5 Å². The summed E-state index contributed by atoms with van der Waals surface area (Å²) < 4.78 is 60.9. The largest absolute Gasteiger partial charge is 0.389 e. The first-order chi connectivity index (χ1) is 20.4. The fraction of sp³-hybridized carbons (Fsp3) is 0.355.